The molecule has 0 aliphatic heterocycles. The summed E-state index contributed by atoms with van der Waals surface area (Å²) in [4.78, 5) is 0. The van der Waals surface area contributed by atoms with Crippen LogP contribution in [-0.4, -0.2) is 0 Å². The summed E-state index contributed by atoms with van der Waals surface area (Å²) in [6, 6.07) is 8.45. The van der Waals surface area contributed by atoms with Gasteiger partial charge >= 0.3 is 0 Å². The second kappa shape index (κ2) is 5.56. The van der Waals surface area contributed by atoms with Gasteiger partial charge in [0.05, 0.1) is 0 Å². The highest BCUT2D eigenvalue weighted by molar-refractivity contribution is 5.20. The van der Waals surface area contributed by atoms with Crippen LogP contribution in [0.3, 0.4) is 0 Å². The molecule has 0 aromatic heterocycles. The first kappa shape index (κ1) is 9.78. The summed E-state index contributed by atoms with van der Waals surface area (Å²) in [6.07, 6.45) is 4.60. The van der Waals surface area contributed by atoms with Crippen LogP contribution in [0.1, 0.15) is 18.1 Å². The van der Waals surface area contributed by atoms with Gasteiger partial charge in [0.1, 0.15) is 0 Å². The third kappa shape index (κ3) is 5.24. The minimum Gasteiger partial charge on any atom is -0.120 e. The van der Waals surface area contributed by atoms with E-state index in [1.54, 1.807) is 6.92 Å². The normalized spacial score (nSPS) is 7.45. The van der Waals surface area contributed by atoms with Gasteiger partial charge in [-0.15, -0.1) is 12.3 Å². The van der Waals surface area contributed by atoms with E-state index in [9.17, 15) is 0 Å². The molecule has 58 valence electrons. The second-order valence-electron chi connectivity index (χ2n) is 2.45. The number of terminal acetylenes is 1. The van der Waals surface area contributed by atoms with Crippen molar-refractivity contribution in [3.05, 3.63) is 35.4 Å². The lowest BCUT2D eigenvalue weighted by molar-refractivity contribution is 1.39. The SMILES string of the molecule is C#CC.Cc1cccc(C)c1. The van der Waals surface area contributed by atoms with Gasteiger partial charge in [0.25, 0.3) is 0 Å². The van der Waals surface area contributed by atoms with Crippen LogP contribution in [0.15, 0.2) is 24.3 Å². The van der Waals surface area contributed by atoms with Crippen LogP contribution in [0.25, 0.3) is 0 Å². The summed E-state index contributed by atoms with van der Waals surface area (Å²) in [5.74, 6) is 2.25. The Morgan fingerprint density at radius 2 is 1.55 bits per heavy atom. The molecule has 0 nitrogen and oxygen atoms in total. The molecule has 1 rings (SSSR count). The number of hydrogen-bond acceptors (Lipinski definition) is 0. The van der Waals surface area contributed by atoms with Gasteiger partial charge in [-0.2, -0.15) is 0 Å². The fraction of sp³-hybridized carbons (Fsp3) is 0.273. The van der Waals surface area contributed by atoms with Crippen molar-refractivity contribution in [2.24, 2.45) is 0 Å². The summed E-state index contributed by atoms with van der Waals surface area (Å²) in [7, 11) is 0. The van der Waals surface area contributed by atoms with Gasteiger partial charge in [-0.05, 0) is 20.8 Å². The van der Waals surface area contributed by atoms with E-state index in [1.165, 1.54) is 11.1 Å². The predicted molar refractivity (Wildman–Crippen MR) is 50.4 cm³/mol. The first-order valence-electron chi connectivity index (χ1n) is 3.61. The molecule has 1 aromatic rings. The van der Waals surface area contributed by atoms with Gasteiger partial charge in [0, 0.05) is 0 Å². The van der Waals surface area contributed by atoms with Crippen LogP contribution >= 0.6 is 0 Å². The number of hydrogen-bond donors (Lipinski definition) is 0. The average molecular weight is 146 g/mol. The fourth-order valence-corrected chi connectivity index (χ4v) is 0.807. The van der Waals surface area contributed by atoms with E-state index in [2.05, 4.69) is 50.5 Å². The van der Waals surface area contributed by atoms with Crippen molar-refractivity contribution in [2.45, 2.75) is 20.8 Å². The predicted octanol–water partition coefficient (Wildman–Crippen LogP) is 2.94. The molecule has 11 heavy (non-hydrogen) atoms. The maximum absolute atomic E-state index is 4.60. The zero-order valence-electron chi connectivity index (χ0n) is 7.39. The summed E-state index contributed by atoms with van der Waals surface area (Å²) in [6.45, 7) is 5.86. The number of benzene rings is 1. The van der Waals surface area contributed by atoms with E-state index in [0.717, 1.165) is 0 Å². The largest absolute Gasteiger partial charge is 0.120 e. The Labute approximate surface area is 69.3 Å². The van der Waals surface area contributed by atoms with Gasteiger partial charge < -0.3 is 0 Å². The molecule has 0 unspecified atom stereocenters. The topological polar surface area (TPSA) is 0 Å². The Morgan fingerprint density at radius 3 is 1.73 bits per heavy atom. The quantitative estimate of drug-likeness (QED) is 0.494. The minimum absolute atomic E-state index is 1.34. The molecule has 0 heteroatoms. The smallest absolute Gasteiger partial charge is 0.00297 e. The second-order valence-corrected chi connectivity index (χ2v) is 2.45. The fourth-order valence-electron chi connectivity index (χ4n) is 0.807. The van der Waals surface area contributed by atoms with E-state index in [-0.39, 0.29) is 0 Å². The van der Waals surface area contributed by atoms with E-state index in [0.29, 0.717) is 0 Å². The van der Waals surface area contributed by atoms with Crippen molar-refractivity contribution in [2.75, 3.05) is 0 Å². The molecular weight excluding hydrogens is 132 g/mol. The van der Waals surface area contributed by atoms with Crippen LogP contribution in [-0.2, 0) is 0 Å². The van der Waals surface area contributed by atoms with Crippen molar-refractivity contribution in [1.29, 1.82) is 0 Å². The van der Waals surface area contributed by atoms with E-state index >= 15 is 0 Å². The minimum atomic E-state index is 1.34. The van der Waals surface area contributed by atoms with E-state index < -0.39 is 0 Å². The highest BCUT2D eigenvalue weighted by Crippen LogP contribution is 2.00. The van der Waals surface area contributed by atoms with Gasteiger partial charge in [-0.25, -0.2) is 0 Å². The van der Waals surface area contributed by atoms with E-state index in [4.69, 9.17) is 0 Å². The molecule has 0 saturated carbocycles. The monoisotopic (exact) mass is 146 g/mol. The first-order chi connectivity index (χ1) is 5.20. The van der Waals surface area contributed by atoms with Crippen molar-refractivity contribution in [1.82, 2.24) is 0 Å². The zero-order valence-corrected chi connectivity index (χ0v) is 7.39. The van der Waals surface area contributed by atoms with Crippen LogP contribution in [0.2, 0.25) is 0 Å². The molecule has 0 saturated heterocycles. The molecule has 0 fully saturated rings. The maximum atomic E-state index is 4.60. The summed E-state index contributed by atoms with van der Waals surface area (Å²) < 4.78 is 0. The molecular formula is C11H14. The molecule has 0 atom stereocenters. The Morgan fingerprint density at radius 1 is 1.18 bits per heavy atom. The van der Waals surface area contributed by atoms with Crippen LogP contribution < -0.4 is 0 Å². The molecule has 1 aromatic carbocycles. The third-order valence-electron chi connectivity index (χ3n) is 1.17. The Hall–Kier alpha value is -1.22. The Bertz CT molecular complexity index is 223. The standard InChI is InChI=1S/C8H10.C3H4/c1-7-4-3-5-8(2)6-7;1-3-2/h3-6H,1-2H3;1H,2H3. The first-order valence-corrected chi connectivity index (χ1v) is 3.61. The van der Waals surface area contributed by atoms with Crippen molar-refractivity contribution in [3.63, 3.8) is 0 Å². The molecule has 0 N–H and O–H groups in total. The van der Waals surface area contributed by atoms with Gasteiger partial charge in [0.2, 0.25) is 0 Å². The number of rotatable bonds is 0. The molecule has 0 spiro atoms. The number of aryl methyl sites for hydroxylation is 2. The highest BCUT2D eigenvalue weighted by atomic mass is 13.9. The Balaban J connectivity index is 0.000000292. The maximum Gasteiger partial charge on any atom is -0.00297 e. The molecule has 0 aliphatic carbocycles. The lowest BCUT2D eigenvalue weighted by Crippen LogP contribution is -1.71. The van der Waals surface area contributed by atoms with Crippen molar-refractivity contribution >= 4 is 0 Å². The lowest BCUT2D eigenvalue weighted by atomic mass is 10.2. The molecule has 0 radical (unpaired) electrons. The van der Waals surface area contributed by atoms with Crippen LogP contribution in [0, 0.1) is 26.2 Å². The summed E-state index contributed by atoms with van der Waals surface area (Å²) in [5, 5.41) is 0. The zero-order chi connectivity index (χ0) is 8.69. The summed E-state index contributed by atoms with van der Waals surface area (Å²) >= 11 is 0. The molecule has 0 aliphatic rings. The van der Waals surface area contributed by atoms with E-state index in [1.807, 2.05) is 0 Å². The van der Waals surface area contributed by atoms with Gasteiger partial charge in [0.15, 0.2) is 0 Å². The molecule has 0 amide bonds. The van der Waals surface area contributed by atoms with Crippen molar-refractivity contribution in [3.8, 4) is 12.3 Å². The van der Waals surface area contributed by atoms with Crippen molar-refractivity contribution < 1.29 is 0 Å². The van der Waals surface area contributed by atoms with Crippen LogP contribution in [0.4, 0.5) is 0 Å². The lowest BCUT2D eigenvalue weighted by Gasteiger charge is -1.90. The Kier molecular flexibility index (Phi) is 4.94. The average Bonchev–Trinajstić information content (AvgIpc) is 1.88. The molecule has 0 bridgehead atoms. The van der Waals surface area contributed by atoms with Crippen LogP contribution in [0.5, 0.6) is 0 Å². The third-order valence-corrected chi connectivity index (χ3v) is 1.17. The van der Waals surface area contributed by atoms with Gasteiger partial charge in [-0.1, -0.05) is 35.4 Å². The highest BCUT2D eigenvalue weighted by Gasteiger charge is 1.80. The molecule has 0 heterocycles. The summed E-state index contributed by atoms with van der Waals surface area (Å²) in [5.41, 5.74) is 2.68. The van der Waals surface area contributed by atoms with Gasteiger partial charge in [-0.3, -0.25) is 0 Å².